The lowest BCUT2D eigenvalue weighted by Crippen LogP contribution is -3.11. The summed E-state index contributed by atoms with van der Waals surface area (Å²) in [4.78, 5) is 1.42. The van der Waals surface area contributed by atoms with Gasteiger partial charge in [-0.15, -0.1) is 0 Å². The van der Waals surface area contributed by atoms with E-state index in [4.69, 9.17) is 16.3 Å². The van der Waals surface area contributed by atoms with Crippen LogP contribution in [-0.2, 0) is 13.1 Å². The van der Waals surface area contributed by atoms with Gasteiger partial charge in [0.15, 0.2) is 0 Å². The molecular formula is C17H19ClNO+. The number of benzene rings is 2. The number of fused-ring (bicyclic) bond motifs is 1. The van der Waals surface area contributed by atoms with Crippen molar-refractivity contribution in [2.45, 2.75) is 26.9 Å². The van der Waals surface area contributed by atoms with E-state index in [2.05, 4.69) is 38.1 Å². The van der Waals surface area contributed by atoms with Crippen molar-refractivity contribution in [2.75, 3.05) is 6.73 Å². The van der Waals surface area contributed by atoms with Gasteiger partial charge in [-0.25, -0.2) is 0 Å². The molecule has 0 amide bonds. The molecule has 20 heavy (non-hydrogen) atoms. The lowest BCUT2D eigenvalue weighted by atomic mass is 10.0. The topological polar surface area (TPSA) is 13.7 Å². The molecule has 0 saturated carbocycles. The highest BCUT2D eigenvalue weighted by molar-refractivity contribution is 6.30. The van der Waals surface area contributed by atoms with Gasteiger partial charge in [-0.1, -0.05) is 29.8 Å². The number of nitrogens with one attached hydrogen (secondary N) is 1. The Balaban J connectivity index is 1.77. The van der Waals surface area contributed by atoms with Crippen molar-refractivity contribution >= 4 is 11.6 Å². The zero-order valence-electron chi connectivity index (χ0n) is 11.9. The Labute approximate surface area is 124 Å². The Morgan fingerprint density at radius 1 is 1.15 bits per heavy atom. The summed E-state index contributed by atoms with van der Waals surface area (Å²) < 4.78 is 5.93. The van der Waals surface area contributed by atoms with Gasteiger partial charge >= 0.3 is 0 Å². The number of quaternary nitrogens is 1. The molecule has 3 rings (SSSR count). The maximum Gasteiger partial charge on any atom is 0.222 e. The first-order chi connectivity index (χ1) is 9.61. The minimum Gasteiger partial charge on any atom is -0.445 e. The van der Waals surface area contributed by atoms with Gasteiger partial charge in [0.2, 0.25) is 6.73 Å². The largest absolute Gasteiger partial charge is 0.445 e. The molecule has 1 aliphatic rings. The van der Waals surface area contributed by atoms with Crippen molar-refractivity contribution in [2.24, 2.45) is 0 Å². The fraction of sp³-hybridized carbons (Fsp3) is 0.294. The molecule has 0 radical (unpaired) electrons. The molecule has 2 aromatic carbocycles. The number of hydrogen-bond donors (Lipinski definition) is 1. The van der Waals surface area contributed by atoms with Crippen LogP contribution in [0.15, 0.2) is 36.4 Å². The van der Waals surface area contributed by atoms with Crippen LogP contribution in [0.25, 0.3) is 0 Å². The molecule has 1 unspecified atom stereocenters. The van der Waals surface area contributed by atoms with Gasteiger partial charge in [-0.3, -0.25) is 4.90 Å². The van der Waals surface area contributed by atoms with Gasteiger partial charge in [0, 0.05) is 10.6 Å². The summed E-state index contributed by atoms with van der Waals surface area (Å²) in [5.74, 6) is 1.06. The summed E-state index contributed by atoms with van der Waals surface area (Å²) in [6.45, 7) is 6.98. The lowest BCUT2D eigenvalue weighted by Gasteiger charge is -2.27. The molecule has 1 N–H and O–H groups in total. The molecule has 0 aromatic heterocycles. The van der Waals surface area contributed by atoms with E-state index < -0.39 is 0 Å². The molecule has 0 spiro atoms. The lowest BCUT2D eigenvalue weighted by molar-refractivity contribution is -0.945. The Bertz CT molecular complexity index is 622. The molecule has 0 fully saturated rings. The molecule has 104 valence electrons. The van der Waals surface area contributed by atoms with Crippen LogP contribution in [0.4, 0.5) is 0 Å². The van der Waals surface area contributed by atoms with Crippen molar-refractivity contribution in [3.63, 3.8) is 0 Å². The van der Waals surface area contributed by atoms with Gasteiger partial charge < -0.3 is 4.74 Å². The highest BCUT2D eigenvalue weighted by atomic mass is 35.5. The van der Waals surface area contributed by atoms with Crippen LogP contribution in [0.5, 0.6) is 5.75 Å². The predicted molar refractivity (Wildman–Crippen MR) is 81.2 cm³/mol. The Morgan fingerprint density at radius 3 is 2.65 bits per heavy atom. The quantitative estimate of drug-likeness (QED) is 0.897. The fourth-order valence-electron chi connectivity index (χ4n) is 2.80. The van der Waals surface area contributed by atoms with E-state index in [1.807, 2.05) is 12.1 Å². The average molecular weight is 289 g/mol. The minimum absolute atomic E-state index is 0.721. The minimum atomic E-state index is 0.721. The molecule has 1 aliphatic heterocycles. The van der Waals surface area contributed by atoms with Gasteiger partial charge in [-0.05, 0) is 43.2 Å². The van der Waals surface area contributed by atoms with Crippen molar-refractivity contribution in [3.05, 3.63) is 63.7 Å². The second kappa shape index (κ2) is 5.47. The van der Waals surface area contributed by atoms with Crippen LogP contribution in [0.1, 0.15) is 22.3 Å². The maximum atomic E-state index is 5.93. The summed E-state index contributed by atoms with van der Waals surface area (Å²) in [5.41, 5.74) is 5.22. The molecule has 3 heteroatoms. The number of hydrogen-bond acceptors (Lipinski definition) is 1. The molecule has 0 saturated heterocycles. The molecule has 0 bridgehead atoms. The Hall–Kier alpha value is -1.51. The van der Waals surface area contributed by atoms with Crippen LogP contribution in [0, 0.1) is 13.8 Å². The van der Waals surface area contributed by atoms with E-state index in [0.717, 1.165) is 30.6 Å². The number of aryl methyl sites for hydroxylation is 2. The third-order valence-corrected chi connectivity index (χ3v) is 4.05. The average Bonchev–Trinajstić information content (AvgIpc) is 2.42. The number of rotatable bonds is 2. The molecule has 2 aromatic rings. The van der Waals surface area contributed by atoms with E-state index in [1.54, 1.807) is 0 Å². The summed E-state index contributed by atoms with van der Waals surface area (Å²) in [5, 5.41) is 0.787. The van der Waals surface area contributed by atoms with Gasteiger partial charge in [0.05, 0.1) is 5.56 Å². The van der Waals surface area contributed by atoms with Crippen LogP contribution in [0.2, 0.25) is 5.02 Å². The Kier molecular flexibility index (Phi) is 3.68. The van der Waals surface area contributed by atoms with Crippen LogP contribution < -0.4 is 9.64 Å². The van der Waals surface area contributed by atoms with Crippen molar-refractivity contribution in [1.82, 2.24) is 0 Å². The third-order valence-electron chi connectivity index (χ3n) is 3.80. The second-order valence-corrected chi connectivity index (χ2v) is 6.01. The summed E-state index contributed by atoms with van der Waals surface area (Å²) in [6.07, 6.45) is 0. The smallest absolute Gasteiger partial charge is 0.222 e. The van der Waals surface area contributed by atoms with Crippen LogP contribution >= 0.6 is 11.6 Å². The molecule has 2 nitrogen and oxygen atoms in total. The SMILES string of the molecule is Cc1cc(C)c2c(c1)OC[NH+](Cc1ccc(Cl)cc1)C2. The van der Waals surface area contributed by atoms with Crippen LogP contribution in [0.3, 0.4) is 0 Å². The fourth-order valence-corrected chi connectivity index (χ4v) is 2.93. The van der Waals surface area contributed by atoms with E-state index in [-0.39, 0.29) is 0 Å². The van der Waals surface area contributed by atoms with Crippen LogP contribution in [-0.4, -0.2) is 6.73 Å². The maximum absolute atomic E-state index is 5.93. The van der Waals surface area contributed by atoms with Gasteiger partial charge in [-0.2, -0.15) is 0 Å². The monoisotopic (exact) mass is 288 g/mol. The zero-order chi connectivity index (χ0) is 14.1. The first-order valence-corrected chi connectivity index (χ1v) is 7.30. The summed E-state index contributed by atoms with van der Waals surface area (Å²) >= 11 is 5.93. The van der Waals surface area contributed by atoms with E-state index in [9.17, 15) is 0 Å². The van der Waals surface area contributed by atoms with Gasteiger partial charge in [0.25, 0.3) is 0 Å². The second-order valence-electron chi connectivity index (χ2n) is 5.58. The molecular weight excluding hydrogens is 270 g/mol. The third kappa shape index (κ3) is 2.82. The zero-order valence-corrected chi connectivity index (χ0v) is 12.6. The van der Waals surface area contributed by atoms with Crippen molar-refractivity contribution in [1.29, 1.82) is 0 Å². The Morgan fingerprint density at radius 2 is 1.90 bits per heavy atom. The summed E-state index contributed by atoms with van der Waals surface area (Å²) in [6, 6.07) is 12.4. The van der Waals surface area contributed by atoms with E-state index >= 15 is 0 Å². The predicted octanol–water partition coefficient (Wildman–Crippen LogP) is 2.89. The standard InChI is InChI=1S/C17H18ClNO/c1-12-7-13(2)16-10-19(11-20-17(16)8-12)9-14-3-5-15(18)6-4-14/h3-8H,9-11H2,1-2H3/p+1. The van der Waals surface area contributed by atoms with Crippen molar-refractivity contribution in [3.8, 4) is 5.75 Å². The summed E-state index contributed by atoms with van der Waals surface area (Å²) in [7, 11) is 0. The number of halogens is 1. The number of ether oxygens (including phenoxy) is 1. The van der Waals surface area contributed by atoms with E-state index in [0.29, 0.717) is 0 Å². The highest BCUT2D eigenvalue weighted by Gasteiger charge is 2.22. The highest BCUT2D eigenvalue weighted by Crippen LogP contribution is 2.25. The first kappa shape index (κ1) is 13.5. The van der Waals surface area contributed by atoms with Crippen molar-refractivity contribution < 1.29 is 9.64 Å². The molecule has 1 atom stereocenters. The molecule has 0 aliphatic carbocycles. The first-order valence-electron chi connectivity index (χ1n) is 6.93. The van der Waals surface area contributed by atoms with E-state index in [1.165, 1.54) is 27.2 Å². The normalized spacial score (nSPS) is 17.4. The van der Waals surface area contributed by atoms with Gasteiger partial charge in [0.1, 0.15) is 18.8 Å². The molecule has 1 heterocycles.